The van der Waals surface area contributed by atoms with Crippen LogP contribution in [0.4, 0.5) is 0 Å². The van der Waals surface area contributed by atoms with Crippen LogP contribution in [0.5, 0.6) is 0 Å². The van der Waals surface area contributed by atoms with Gasteiger partial charge in [-0.3, -0.25) is 9.59 Å². The predicted molar refractivity (Wildman–Crippen MR) is 157 cm³/mol. The average molecular weight is 592 g/mol. The number of esters is 2. The summed E-state index contributed by atoms with van der Waals surface area (Å²) in [7, 11) is 1.50. The number of piperidine rings is 1. The first-order valence-electron chi connectivity index (χ1n) is 15.3. The number of methoxy groups -OCH3 is 1. The van der Waals surface area contributed by atoms with Gasteiger partial charge in [0.2, 0.25) is 5.78 Å². The second-order valence-corrected chi connectivity index (χ2v) is 13.1. The Balaban J connectivity index is 1.44. The van der Waals surface area contributed by atoms with E-state index in [0.717, 1.165) is 12.8 Å². The summed E-state index contributed by atoms with van der Waals surface area (Å²) in [5.74, 6) is -2.16. The van der Waals surface area contributed by atoms with E-state index in [4.69, 9.17) is 14.2 Å². The molecule has 1 aromatic rings. The van der Waals surface area contributed by atoms with Gasteiger partial charge in [0.1, 0.15) is 12.2 Å². The molecule has 1 unspecified atom stereocenters. The van der Waals surface area contributed by atoms with Gasteiger partial charge in [0, 0.05) is 49.9 Å². The summed E-state index contributed by atoms with van der Waals surface area (Å²) in [6, 6.07) is 10.4. The zero-order valence-corrected chi connectivity index (χ0v) is 25.3. The SMILES string of the molecule is COC[C@H]1OC(=O)C(=CN2CCC(c3ccccc3)CC2)C2=C(O)C(=O)C3=C([C@H](OC(C)=O)C[C@@]4(C)C3CC[C@@H]4O)[C@]21C. The van der Waals surface area contributed by atoms with E-state index >= 15 is 0 Å². The lowest BCUT2D eigenvalue weighted by Gasteiger charge is -2.54. The summed E-state index contributed by atoms with van der Waals surface area (Å²) in [6.07, 6.45) is 2.45. The number of hydrogen-bond donors (Lipinski definition) is 2. The van der Waals surface area contributed by atoms with E-state index in [1.54, 1.807) is 6.20 Å². The number of rotatable bonds is 5. The van der Waals surface area contributed by atoms with Crippen LogP contribution in [0.25, 0.3) is 0 Å². The summed E-state index contributed by atoms with van der Waals surface area (Å²) >= 11 is 0. The Morgan fingerprint density at radius 2 is 1.81 bits per heavy atom. The molecule has 0 spiro atoms. The number of benzene rings is 1. The van der Waals surface area contributed by atoms with Crippen LogP contribution in [-0.4, -0.2) is 78.0 Å². The first kappa shape index (κ1) is 29.6. The second-order valence-electron chi connectivity index (χ2n) is 13.1. The van der Waals surface area contributed by atoms with Crippen molar-refractivity contribution >= 4 is 17.7 Å². The molecule has 9 heteroatoms. The third-order valence-corrected chi connectivity index (χ3v) is 10.8. The molecule has 230 valence electrons. The number of aliphatic hydroxyl groups is 2. The maximum Gasteiger partial charge on any atom is 0.340 e. The highest BCUT2D eigenvalue weighted by atomic mass is 16.6. The van der Waals surface area contributed by atoms with Crippen LogP contribution in [0.1, 0.15) is 64.4 Å². The zero-order valence-electron chi connectivity index (χ0n) is 25.3. The molecule has 0 bridgehead atoms. The maximum absolute atomic E-state index is 14.2. The van der Waals surface area contributed by atoms with Crippen molar-refractivity contribution in [2.45, 2.75) is 77.1 Å². The number of aliphatic hydroxyl groups excluding tert-OH is 2. The third kappa shape index (κ3) is 4.63. The number of carbonyl (C=O) groups excluding carboxylic acids is 3. The molecule has 2 heterocycles. The van der Waals surface area contributed by atoms with E-state index in [-0.39, 0.29) is 23.7 Å². The number of ketones is 1. The van der Waals surface area contributed by atoms with Gasteiger partial charge in [-0.25, -0.2) is 4.79 Å². The predicted octanol–water partition coefficient (Wildman–Crippen LogP) is 4.13. The Morgan fingerprint density at radius 1 is 1.12 bits per heavy atom. The number of carbonyl (C=O) groups is 3. The Bertz CT molecular complexity index is 1420. The molecule has 2 N–H and O–H groups in total. The van der Waals surface area contributed by atoms with E-state index in [0.29, 0.717) is 49.4 Å². The lowest BCUT2D eigenvalue weighted by molar-refractivity contribution is -0.161. The summed E-state index contributed by atoms with van der Waals surface area (Å²) in [6.45, 7) is 6.48. The lowest BCUT2D eigenvalue weighted by atomic mass is 9.53. The van der Waals surface area contributed by atoms with Crippen molar-refractivity contribution in [1.82, 2.24) is 4.90 Å². The molecule has 0 aromatic heterocycles. The normalized spacial score (nSPS) is 35.5. The number of hydrogen-bond acceptors (Lipinski definition) is 9. The van der Waals surface area contributed by atoms with Crippen LogP contribution in [0.15, 0.2) is 64.6 Å². The van der Waals surface area contributed by atoms with Gasteiger partial charge in [-0.2, -0.15) is 0 Å². The van der Waals surface area contributed by atoms with Gasteiger partial charge in [0.05, 0.1) is 23.7 Å². The van der Waals surface area contributed by atoms with Gasteiger partial charge in [-0.15, -0.1) is 0 Å². The van der Waals surface area contributed by atoms with Crippen LogP contribution < -0.4 is 0 Å². The van der Waals surface area contributed by atoms with Crippen molar-refractivity contribution in [2.75, 3.05) is 26.8 Å². The molecular weight excluding hydrogens is 550 g/mol. The first-order valence-corrected chi connectivity index (χ1v) is 15.3. The molecule has 43 heavy (non-hydrogen) atoms. The molecule has 5 aliphatic rings. The topological polar surface area (TPSA) is 123 Å². The third-order valence-electron chi connectivity index (χ3n) is 10.8. The Hall–Kier alpha value is -3.43. The Morgan fingerprint density at radius 3 is 2.47 bits per heavy atom. The van der Waals surface area contributed by atoms with Crippen molar-refractivity contribution in [2.24, 2.45) is 16.7 Å². The summed E-state index contributed by atoms with van der Waals surface area (Å²) in [4.78, 5) is 42.3. The van der Waals surface area contributed by atoms with Gasteiger partial charge in [-0.1, -0.05) is 37.3 Å². The maximum atomic E-state index is 14.2. The Labute approximate surface area is 252 Å². The van der Waals surface area contributed by atoms with Gasteiger partial charge in [0.25, 0.3) is 0 Å². The van der Waals surface area contributed by atoms with E-state index in [2.05, 4.69) is 17.0 Å². The number of allylic oxidation sites excluding steroid dienone is 1. The van der Waals surface area contributed by atoms with E-state index in [1.165, 1.54) is 19.6 Å². The number of cyclic esters (lactones) is 1. The highest BCUT2D eigenvalue weighted by Gasteiger charge is 2.64. The van der Waals surface area contributed by atoms with E-state index < -0.39 is 52.6 Å². The molecule has 6 rings (SSSR count). The van der Waals surface area contributed by atoms with Crippen molar-refractivity contribution < 1.29 is 38.8 Å². The number of nitrogens with zero attached hydrogens (tertiary/aromatic N) is 1. The summed E-state index contributed by atoms with van der Waals surface area (Å²) < 4.78 is 17.4. The summed E-state index contributed by atoms with van der Waals surface area (Å²) in [5, 5.41) is 22.7. The number of fused-ring (bicyclic) bond motifs is 4. The van der Waals surface area contributed by atoms with Crippen molar-refractivity contribution in [1.29, 1.82) is 0 Å². The smallest absolute Gasteiger partial charge is 0.340 e. The molecule has 0 amide bonds. The van der Waals surface area contributed by atoms with Crippen LogP contribution in [-0.2, 0) is 28.6 Å². The van der Waals surface area contributed by atoms with Gasteiger partial charge >= 0.3 is 11.9 Å². The second kappa shape index (κ2) is 10.9. The van der Waals surface area contributed by atoms with Crippen molar-refractivity contribution in [3.8, 4) is 0 Å². The largest absolute Gasteiger partial charge is 0.504 e. The molecule has 1 saturated carbocycles. The molecule has 0 radical (unpaired) electrons. The minimum atomic E-state index is -1.21. The zero-order chi connectivity index (χ0) is 30.7. The van der Waals surface area contributed by atoms with Crippen molar-refractivity contribution in [3.63, 3.8) is 0 Å². The fourth-order valence-corrected chi connectivity index (χ4v) is 8.54. The molecule has 6 atom stereocenters. The standard InChI is InChI=1S/C34H41NO8/c1-19(36)42-24-16-33(2)23(10-11-25(33)37)27-29(24)34(3)26(18-41-4)43-32(40)22(28(34)31(39)30(27)38)17-35-14-12-21(13-15-35)20-8-6-5-7-9-20/h5-9,17,21,23-26,37,39H,10-16,18H2,1-4H3/t23?,24-,25+,26-,33+,34+/m1/s1. The van der Waals surface area contributed by atoms with Gasteiger partial charge < -0.3 is 29.3 Å². The fourth-order valence-electron chi connectivity index (χ4n) is 8.54. The van der Waals surface area contributed by atoms with E-state index in [9.17, 15) is 24.6 Å². The molecule has 1 aromatic carbocycles. The quantitative estimate of drug-likeness (QED) is 0.384. The highest BCUT2D eigenvalue weighted by Crippen LogP contribution is 2.63. The van der Waals surface area contributed by atoms with Crippen LogP contribution in [0.2, 0.25) is 0 Å². The Kier molecular flexibility index (Phi) is 7.53. The average Bonchev–Trinajstić information content (AvgIpc) is 3.27. The minimum Gasteiger partial charge on any atom is -0.504 e. The molecule has 3 fully saturated rings. The van der Waals surface area contributed by atoms with Crippen LogP contribution >= 0.6 is 0 Å². The number of Topliss-reactive ketones (excluding diaryl/α,β-unsaturated/α-hetero) is 1. The van der Waals surface area contributed by atoms with E-state index in [1.807, 2.05) is 32.0 Å². The molecular formula is C34H41NO8. The number of likely N-dealkylation sites (tertiary alicyclic amines) is 1. The first-order chi connectivity index (χ1) is 20.5. The van der Waals surface area contributed by atoms with Gasteiger partial charge in [-0.05, 0) is 62.0 Å². The van der Waals surface area contributed by atoms with Crippen molar-refractivity contribution in [3.05, 3.63) is 70.1 Å². The molecule has 2 saturated heterocycles. The number of ether oxygens (including phenoxy) is 3. The molecule has 3 aliphatic carbocycles. The monoisotopic (exact) mass is 591 g/mol. The molecule has 2 aliphatic heterocycles. The minimum absolute atomic E-state index is 0.0110. The highest BCUT2D eigenvalue weighted by molar-refractivity contribution is 6.13. The van der Waals surface area contributed by atoms with Crippen LogP contribution in [0, 0.1) is 16.7 Å². The lowest BCUT2D eigenvalue weighted by Crippen LogP contribution is -2.57. The van der Waals surface area contributed by atoms with Gasteiger partial charge in [0.15, 0.2) is 5.76 Å². The van der Waals surface area contributed by atoms with Crippen LogP contribution in [0.3, 0.4) is 0 Å². The molecule has 9 nitrogen and oxygen atoms in total. The fraction of sp³-hybridized carbons (Fsp3) is 0.559. The summed E-state index contributed by atoms with van der Waals surface area (Å²) in [5.41, 5.74) is 0.596.